The Kier molecular flexibility index (Phi) is 7.58. The van der Waals surface area contributed by atoms with E-state index in [2.05, 4.69) is 53.6 Å². The van der Waals surface area contributed by atoms with Crippen molar-refractivity contribution >= 4 is 23.4 Å². The lowest BCUT2D eigenvalue weighted by molar-refractivity contribution is 0.0523. The summed E-state index contributed by atoms with van der Waals surface area (Å²) in [6.45, 7) is 10.2. The van der Waals surface area contributed by atoms with Crippen molar-refractivity contribution in [2.24, 2.45) is 5.92 Å². The van der Waals surface area contributed by atoms with Gasteiger partial charge >= 0.3 is 6.03 Å². The molecule has 43 heavy (non-hydrogen) atoms. The van der Waals surface area contributed by atoms with Crippen LogP contribution in [0.4, 0.5) is 16.3 Å². The zero-order chi connectivity index (χ0) is 30.3. The first-order valence-corrected chi connectivity index (χ1v) is 15.1. The molecule has 0 aliphatic carbocycles. The number of carbonyl (C=O) groups excluding carboxylic acids is 2. The number of hydrogen-bond acceptors (Lipinski definition) is 5. The van der Waals surface area contributed by atoms with Gasteiger partial charge in [0.05, 0.1) is 17.1 Å². The summed E-state index contributed by atoms with van der Waals surface area (Å²) in [5.41, 5.74) is 5.91. The Hall–Kier alpha value is -4.40. The molecule has 2 fully saturated rings. The number of rotatable bonds is 6. The van der Waals surface area contributed by atoms with Gasteiger partial charge in [-0.15, -0.1) is 0 Å². The summed E-state index contributed by atoms with van der Waals surface area (Å²) in [5.74, 6) is 1.13. The van der Waals surface area contributed by atoms with Crippen LogP contribution in [-0.2, 0) is 11.8 Å². The number of nitrogens with one attached hydrogen (secondary N) is 2. The smallest absolute Gasteiger partial charge is 0.324 e. The Labute approximate surface area is 252 Å². The van der Waals surface area contributed by atoms with Crippen LogP contribution in [-0.4, -0.2) is 43.9 Å². The number of carbonyl (C=O) groups is 2. The monoisotopic (exact) mass is 580 g/mol. The average Bonchev–Trinajstić information content (AvgIpc) is 3.65. The van der Waals surface area contributed by atoms with Crippen LogP contribution in [0.25, 0.3) is 5.69 Å². The number of benzene rings is 2. The minimum Gasteiger partial charge on any atom is -0.364 e. The Morgan fingerprint density at radius 3 is 2.35 bits per heavy atom. The van der Waals surface area contributed by atoms with Crippen LogP contribution in [0.3, 0.4) is 0 Å². The van der Waals surface area contributed by atoms with Gasteiger partial charge in [0.1, 0.15) is 17.6 Å². The first-order valence-electron chi connectivity index (χ1n) is 15.1. The van der Waals surface area contributed by atoms with Crippen molar-refractivity contribution < 1.29 is 14.1 Å². The van der Waals surface area contributed by atoms with E-state index in [-0.39, 0.29) is 29.4 Å². The van der Waals surface area contributed by atoms with Gasteiger partial charge in [-0.25, -0.2) is 9.48 Å². The fraction of sp³-hybridized carbons (Fsp3) is 0.412. The molecule has 6 rings (SSSR count). The van der Waals surface area contributed by atoms with E-state index in [1.54, 1.807) is 4.68 Å². The molecule has 2 bridgehead atoms. The maximum atomic E-state index is 13.2. The second-order valence-electron chi connectivity index (χ2n) is 13.1. The van der Waals surface area contributed by atoms with Crippen molar-refractivity contribution in [3.63, 3.8) is 0 Å². The summed E-state index contributed by atoms with van der Waals surface area (Å²) in [6.07, 6.45) is 6.41. The van der Waals surface area contributed by atoms with E-state index in [4.69, 9.17) is 9.62 Å². The van der Waals surface area contributed by atoms with Crippen LogP contribution < -0.4 is 10.6 Å². The van der Waals surface area contributed by atoms with Gasteiger partial charge < -0.3 is 14.7 Å². The molecule has 2 unspecified atom stereocenters. The summed E-state index contributed by atoms with van der Waals surface area (Å²) in [5, 5.41) is 14.7. The molecule has 3 amide bonds. The maximum Gasteiger partial charge on any atom is 0.324 e. The lowest BCUT2D eigenvalue weighted by Gasteiger charge is -2.39. The summed E-state index contributed by atoms with van der Waals surface area (Å²) < 4.78 is 6.81. The van der Waals surface area contributed by atoms with E-state index in [1.165, 1.54) is 11.8 Å². The molecule has 0 radical (unpaired) electrons. The summed E-state index contributed by atoms with van der Waals surface area (Å²) in [4.78, 5) is 28.5. The highest BCUT2D eigenvalue weighted by Crippen LogP contribution is 2.41. The molecule has 2 aromatic carbocycles. The summed E-state index contributed by atoms with van der Waals surface area (Å²) in [6, 6.07) is 18.3. The zero-order valence-electron chi connectivity index (χ0n) is 25.6. The van der Waals surface area contributed by atoms with Crippen LogP contribution in [0.2, 0.25) is 0 Å². The zero-order valence-corrected chi connectivity index (χ0v) is 25.6. The van der Waals surface area contributed by atoms with Crippen molar-refractivity contribution in [1.29, 1.82) is 0 Å². The fourth-order valence-electron chi connectivity index (χ4n) is 6.53. The predicted molar refractivity (Wildman–Crippen MR) is 167 cm³/mol. The molecule has 2 aromatic heterocycles. The fourth-order valence-corrected chi connectivity index (χ4v) is 6.53. The molecule has 0 saturated carbocycles. The van der Waals surface area contributed by atoms with Crippen LogP contribution in [0.1, 0.15) is 79.3 Å². The largest absolute Gasteiger partial charge is 0.364 e. The molecule has 9 heteroatoms. The number of aryl methyl sites for hydroxylation is 2. The number of nitrogens with zero attached hydrogens (tertiary/aromatic N) is 4. The van der Waals surface area contributed by atoms with E-state index < -0.39 is 0 Å². The second-order valence-corrected chi connectivity index (χ2v) is 13.1. The molecular formula is C34H40N6O3. The standard InChI is InChI=1S/C34H40N6O3/c1-21-9-11-26(12-10-21)40-31(19-30(37-40)34(3,4)5)36-33(42)35-25-8-6-7-23(16-25)15-24-17-27-13-14-28(18-24)39(27)32(41)29-20-43-38-22(29)2/h6-12,16,19-20,24,27-28H,13-15,17-18H2,1-5H3,(H2,35,36,42). The van der Waals surface area contributed by atoms with Gasteiger partial charge in [0.15, 0.2) is 0 Å². The average molecular weight is 581 g/mol. The topological polar surface area (TPSA) is 105 Å². The minimum absolute atomic E-state index is 0.0419. The molecule has 4 heterocycles. The van der Waals surface area contributed by atoms with Gasteiger partial charge in [0.25, 0.3) is 5.91 Å². The normalized spacial score (nSPS) is 19.8. The second kappa shape index (κ2) is 11.4. The van der Waals surface area contributed by atoms with Crippen LogP contribution in [0.15, 0.2) is 65.4 Å². The Morgan fingerprint density at radius 2 is 1.70 bits per heavy atom. The van der Waals surface area contributed by atoms with Crippen LogP contribution in [0, 0.1) is 19.8 Å². The summed E-state index contributed by atoms with van der Waals surface area (Å²) in [7, 11) is 0. The van der Waals surface area contributed by atoms with Gasteiger partial charge in [-0.1, -0.05) is 55.8 Å². The van der Waals surface area contributed by atoms with E-state index >= 15 is 0 Å². The quantitative estimate of drug-likeness (QED) is 0.254. The molecule has 9 nitrogen and oxygen atoms in total. The molecule has 2 saturated heterocycles. The van der Waals surface area contributed by atoms with E-state index in [0.717, 1.165) is 54.7 Å². The predicted octanol–water partition coefficient (Wildman–Crippen LogP) is 7.04. The minimum atomic E-state index is -0.320. The highest BCUT2D eigenvalue weighted by atomic mass is 16.5. The van der Waals surface area contributed by atoms with E-state index in [1.807, 2.05) is 56.3 Å². The highest BCUT2D eigenvalue weighted by Gasteiger charge is 2.44. The number of anilines is 2. The molecule has 224 valence electrons. The number of piperidine rings is 1. The molecule has 2 N–H and O–H groups in total. The highest BCUT2D eigenvalue weighted by molar-refractivity contribution is 5.99. The molecule has 2 aliphatic heterocycles. The molecular weight excluding hydrogens is 540 g/mol. The van der Waals surface area contributed by atoms with Gasteiger partial charge in [-0.3, -0.25) is 10.1 Å². The molecule has 2 atom stereocenters. The van der Waals surface area contributed by atoms with E-state index in [0.29, 0.717) is 23.0 Å². The van der Waals surface area contributed by atoms with Crippen LogP contribution >= 0.6 is 0 Å². The molecule has 4 aromatic rings. The number of urea groups is 1. The third kappa shape index (κ3) is 6.07. The van der Waals surface area contributed by atoms with Gasteiger partial charge in [-0.2, -0.15) is 5.10 Å². The lowest BCUT2D eigenvalue weighted by Crippen LogP contribution is -2.47. The molecule has 2 aliphatic rings. The third-order valence-corrected chi connectivity index (χ3v) is 8.75. The first-order chi connectivity index (χ1) is 20.5. The third-order valence-electron chi connectivity index (χ3n) is 8.75. The lowest BCUT2D eigenvalue weighted by atomic mass is 9.85. The van der Waals surface area contributed by atoms with Crippen LogP contribution in [0.5, 0.6) is 0 Å². The van der Waals surface area contributed by atoms with Crippen molar-refractivity contribution in [2.75, 3.05) is 10.6 Å². The number of amides is 3. The van der Waals surface area contributed by atoms with Gasteiger partial charge in [-0.05, 0) is 81.7 Å². The van der Waals surface area contributed by atoms with Gasteiger partial charge in [0.2, 0.25) is 0 Å². The Morgan fingerprint density at radius 1 is 0.977 bits per heavy atom. The summed E-state index contributed by atoms with van der Waals surface area (Å²) >= 11 is 0. The SMILES string of the molecule is Cc1ccc(-n2nc(C(C)(C)C)cc2NC(=O)Nc2cccc(CC3CC4CCC(C3)N4C(=O)c3conc3C)c2)cc1. The Bertz CT molecular complexity index is 1620. The van der Waals surface area contributed by atoms with Crippen molar-refractivity contribution in [2.45, 2.75) is 84.2 Å². The number of hydrogen-bond donors (Lipinski definition) is 2. The maximum absolute atomic E-state index is 13.2. The van der Waals surface area contributed by atoms with Crippen molar-refractivity contribution in [1.82, 2.24) is 19.8 Å². The van der Waals surface area contributed by atoms with Crippen molar-refractivity contribution in [3.05, 3.63) is 88.9 Å². The van der Waals surface area contributed by atoms with Gasteiger partial charge in [0, 0.05) is 29.3 Å². The Balaban J connectivity index is 1.11. The first kappa shape index (κ1) is 28.7. The number of fused-ring (bicyclic) bond motifs is 2. The molecule has 0 spiro atoms. The van der Waals surface area contributed by atoms with Crippen molar-refractivity contribution in [3.8, 4) is 5.69 Å². The number of aromatic nitrogens is 3. The van der Waals surface area contributed by atoms with E-state index in [9.17, 15) is 9.59 Å².